The molecular formula is C16H21BrN2S. The third kappa shape index (κ3) is 4.42. The van der Waals surface area contributed by atoms with Crippen molar-refractivity contribution in [1.29, 1.82) is 0 Å². The maximum Gasteiger partial charge on any atom is 0.0328 e. The van der Waals surface area contributed by atoms with Gasteiger partial charge < -0.3 is 5.73 Å². The Labute approximate surface area is 133 Å². The van der Waals surface area contributed by atoms with Crippen molar-refractivity contribution in [3.8, 4) is 0 Å². The van der Waals surface area contributed by atoms with Crippen LogP contribution in [0.25, 0.3) is 0 Å². The molecule has 2 nitrogen and oxygen atoms in total. The van der Waals surface area contributed by atoms with Crippen molar-refractivity contribution in [2.45, 2.75) is 25.9 Å². The van der Waals surface area contributed by atoms with Gasteiger partial charge in [0.1, 0.15) is 0 Å². The fraction of sp³-hybridized carbons (Fsp3) is 0.375. The van der Waals surface area contributed by atoms with Crippen molar-refractivity contribution < 1.29 is 0 Å². The minimum Gasteiger partial charge on any atom is -0.330 e. The molecule has 1 aromatic heterocycles. The summed E-state index contributed by atoms with van der Waals surface area (Å²) in [5, 5.41) is 2.13. The van der Waals surface area contributed by atoms with Crippen molar-refractivity contribution in [1.82, 2.24) is 4.90 Å². The van der Waals surface area contributed by atoms with E-state index in [-0.39, 0.29) is 0 Å². The topological polar surface area (TPSA) is 29.3 Å². The Bertz CT molecular complexity index is 536. The number of nitrogens with two attached hydrogens (primary N) is 1. The minimum absolute atomic E-state index is 0.435. The number of hydrogen-bond donors (Lipinski definition) is 1. The summed E-state index contributed by atoms with van der Waals surface area (Å²) >= 11 is 5.29. The molecule has 1 unspecified atom stereocenters. The summed E-state index contributed by atoms with van der Waals surface area (Å²) in [4.78, 5) is 3.72. The van der Waals surface area contributed by atoms with E-state index < -0.39 is 0 Å². The van der Waals surface area contributed by atoms with E-state index in [1.807, 2.05) is 0 Å². The number of rotatable bonds is 6. The molecule has 0 fully saturated rings. The van der Waals surface area contributed by atoms with E-state index in [0.29, 0.717) is 12.5 Å². The lowest BCUT2D eigenvalue weighted by Gasteiger charge is -2.16. The molecule has 0 saturated heterocycles. The van der Waals surface area contributed by atoms with Crippen LogP contribution in [0.1, 0.15) is 28.8 Å². The van der Waals surface area contributed by atoms with E-state index in [9.17, 15) is 0 Å². The normalized spacial score (nSPS) is 12.8. The van der Waals surface area contributed by atoms with Crippen LogP contribution in [0.15, 0.2) is 40.2 Å². The molecule has 2 aromatic rings. The summed E-state index contributed by atoms with van der Waals surface area (Å²) in [6.45, 7) is 4.81. The lowest BCUT2D eigenvalue weighted by atomic mass is 10.00. The van der Waals surface area contributed by atoms with E-state index in [4.69, 9.17) is 5.73 Å². The molecule has 0 amide bonds. The number of nitrogens with zero attached hydrogens (tertiary/aromatic N) is 1. The number of halogens is 1. The molecule has 2 rings (SSSR count). The lowest BCUT2D eigenvalue weighted by Crippen LogP contribution is -2.16. The van der Waals surface area contributed by atoms with Crippen molar-refractivity contribution in [2.24, 2.45) is 5.73 Å². The first-order chi connectivity index (χ1) is 9.58. The van der Waals surface area contributed by atoms with E-state index in [2.05, 4.69) is 70.5 Å². The molecule has 108 valence electrons. The SMILES string of the molecule is CC(CN)c1ccc(CN(C)Cc2cc(Br)cs2)cc1. The molecule has 2 N–H and O–H groups in total. The molecule has 0 bridgehead atoms. The molecule has 0 aliphatic carbocycles. The monoisotopic (exact) mass is 352 g/mol. The highest BCUT2D eigenvalue weighted by atomic mass is 79.9. The zero-order valence-corrected chi connectivity index (χ0v) is 14.4. The van der Waals surface area contributed by atoms with Crippen LogP contribution in [-0.4, -0.2) is 18.5 Å². The van der Waals surface area contributed by atoms with Crippen LogP contribution in [0.5, 0.6) is 0 Å². The molecule has 0 spiro atoms. The summed E-state index contributed by atoms with van der Waals surface area (Å²) in [6, 6.07) is 11.0. The van der Waals surface area contributed by atoms with Gasteiger partial charge in [0.25, 0.3) is 0 Å². The highest BCUT2D eigenvalue weighted by molar-refractivity contribution is 9.10. The molecule has 1 heterocycles. The van der Waals surface area contributed by atoms with Gasteiger partial charge in [-0.2, -0.15) is 0 Å². The highest BCUT2D eigenvalue weighted by Gasteiger charge is 2.06. The average molecular weight is 353 g/mol. The van der Waals surface area contributed by atoms with Crippen molar-refractivity contribution in [2.75, 3.05) is 13.6 Å². The first kappa shape index (κ1) is 15.7. The van der Waals surface area contributed by atoms with Gasteiger partial charge in [0.05, 0.1) is 0 Å². The van der Waals surface area contributed by atoms with Gasteiger partial charge in [-0.15, -0.1) is 11.3 Å². The van der Waals surface area contributed by atoms with Crippen LogP contribution in [0.4, 0.5) is 0 Å². The van der Waals surface area contributed by atoms with Gasteiger partial charge >= 0.3 is 0 Å². The Morgan fingerprint density at radius 1 is 1.25 bits per heavy atom. The third-order valence-corrected chi connectivity index (χ3v) is 5.08. The van der Waals surface area contributed by atoms with Crippen LogP contribution in [-0.2, 0) is 13.1 Å². The first-order valence-corrected chi connectivity index (χ1v) is 8.46. The largest absolute Gasteiger partial charge is 0.330 e. The van der Waals surface area contributed by atoms with Gasteiger partial charge in [-0.25, -0.2) is 0 Å². The molecular weight excluding hydrogens is 332 g/mol. The fourth-order valence-corrected chi connectivity index (χ4v) is 3.69. The zero-order valence-electron chi connectivity index (χ0n) is 12.0. The van der Waals surface area contributed by atoms with Crippen LogP contribution in [0, 0.1) is 0 Å². The van der Waals surface area contributed by atoms with E-state index in [1.165, 1.54) is 20.5 Å². The number of benzene rings is 1. The summed E-state index contributed by atoms with van der Waals surface area (Å²) < 4.78 is 1.17. The molecule has 0 saturated carbocycles. The Balaban J connectivity index is 1.92. The highest BCUT2D eigenvalue weighted by Crippen LogP contribution is 2.21. The van der Waals surface area contributed by atoms with Crippen LogP contribution in [0.3, 0.4) is 0 Å². The lowest BCUT2D eigenvalue weighted by molar-refractivity contribution is 0.322. The first-order valence-electron chi connectivity index (χ1n) is 6.79. The standard InChI is InChI=1S/C16H21BrN2S/c1-12(8-18)14-5-3-13(4-6-14)9-19(2)10-16-7-15(17)11-20-16/h3-7,11-12H,8-10,18H2,1-2H3. The Morgan fingerprint density at radius 2 is 1.95 bits per heavy atom. The summed E-state index contributed by atoms with van der Waals surface area (Å²) in [6.07, 6.45) is 0. The molecule has 1 atom stereocenters. The summed E-state index contributed by atoms with van der Waals surface area (Å²) in [7, 11) is 2.16. The molecule has 0 radical (unpaired) electrons. The second-order valence-corrected chi connectivity index (χ2v) is 7.19. The summed E-state index contributed by atoms with van der Waals surface area (Å²) in [5.41, 5.74) is 8.36. The van der Waals surface area contributed by atoms with E-state index in [0.717, 1.165) is 13.1 Å². The van der Waals surface area contributed by atoms with Gasteiger partial charge in [0.15, 0.2) is 0 Å². The van der Waals surface area contributed by atoms with Crippen molar-refractivity contribution >= 4 is 27.3 Å². The molecule has 4 heteroatoms. The molecule has 0 aliphatic heterocycles. The third-order valence-electron chi connectivity index (χ3n) is 3.40. The molecule has 1 aromatic carbocycles. The van der Waals surface area contributed by atoms with Crippen molar-refractivity contribution in [3.63, 3.8) is 0 Å². The van der Waals surface area contributed by atoms with Crippen LogP contribution in [0.2, 0.25) is 0 Å². The Kier molecular flexibility index (Phi) is 5.78. The minimum atomic E-state index is 0.435. The molecule has 0 aliphatic rings. The predicted molar refractivity (Wildman–Crippen MR) is 91.1 cm³/mol. The van der Waals surface area contributed by atoms with E-state index in [1.54, 1.807) is 11.3 Å². The Hall–Kier alpha value is -0.680. The van der Waals surface area contributed by atoms with E-state index >= 15 is 0 Å². The van der Waals surface area contributed by atoms with Crippen LogP contribution < -0.4 is 5.73 Å². The number of hydrogen-bond acceptors (Lipinski definition) is 3. The average Bonchev–Trinajstić information content (AvgIpc) is 2.84. The Morgan fingerprint density at radius 3 is 2.50 bits per heavy atom. The maximum atomic E-state index is 5.70. The van der Waals surface area contributed by atoms with Gasteiger partial charge in [-0.05, 0) is 52.6 Å². The van der Waals surface area contributed by atoms with Crippen LogP contribution >= 0.6 is 27.3 Å². The van der Waals surface area contributed by atoms with Gasteiger partial charge in [0, 0.05) is 27.8 Å². The zero-order chi connectivity index (χ0) is 14.5. The second-order valence-electron chi connectivity index (χ2n) is 5.28. The smallest absolute Gasteiger partial charge is 0.0328 e. The number of thiophene rings is 1. The maximum absolute atomic E-state index is 5.70. The quantitative estimate of drug-likeness (QED) is 0.843. The van der Waals surface area contributed by atoms with Gasteiger partial charge in [0.2, 0.25) is 0 Å². The fourth-order valence-electron chi connectivity index (χ4n) is 2.16. The van der Waals surface area contributed by atoms with Gasteiger partial charge in [-0.3, -0.25) is 4.90 Å². The van der Waals surface area contributed by atoms with Crippen molar-refractivity contribution in [3.05, 3.63) is 56.2 Å². The summed E-state index contributed by atoms with van der Waals surface area (Å²) in [5.74, 6) is 0.435. The second kappa shape index (κ2) is 7.36. The van der Waals surface area contributed by atoms with Gasteiger partial charge in [-0.1, -0.05) is 31.2 Å². The molecule has 20 heavy (non-hydrogen) atoms. The predicted octanol–water partition coefficient (Wildman–Crippen LogP) is 4.20.